The molecule has 0 saturated carbocycles. The Morgan fingerprint density at radius 1 is 1.57 bits per heavy atom. The maximum Gasteiger partial charge on any atom is 0.237 e. The Morgan fingerprint density at radius 2 is 2.21 bits per heavy atom. The molecule has 0 radical (unpaired) electrons. The minimum absolute atomic E-state index is 0.0810. The number of carbonyl (C=O) groups is 1. The summed E-state index contributed by atoms with van der Waals surface area (Å²) < 4.78 is 23.9. The number of hydrogen-bond donors (Lipinski definition) is 1. The normalized spacial score (nSPS) is 23.6. The SMILES string of the molecule is CC(N)CCN1C(=O)CCCS1(=O)=O. The van der Waals surface area contributed by atoms with Gasteiger partial charge in [0.15, 0.2) is 0 Å². The number of hydrogen-bond acceptors (Lipinski definition) is 4. The van der Waals surface area contributed by atoms with Crippen molar-refractivity contribution in [2.45, 2.75) is 32.2 Å². The van der Waals surface area contributed by atoms with Crippen LogP contribution in [0.2, 0.25) is 0 Å². The van der Waals surface area contributed by atoms with Gasteiger partial charge in [-0.25, -0.2) is 12.7 Å². The van der Waals surface area contributed by atoms with E-state index in [0.29, 0.717) is 19.3 Å². The molecule has 1 atom stereocenters. The lowest BCUT2D eigenvalue weighted by atomic mass is 10.2. The molecule has 1 amide bonds. The average molecular weight is 220 g/mol. The third-order valence-corrected chi connectivity index (χ3v) is 4.06. The first-order valence-corrected chi connectivity index (χ1v) is 6.33. The van der Waals surface area contributed by atoms with Gasteiger partial charge in [0.05, 0.1) is 5.75 Å². The van der Waals surface area contributed by atoms with Crippen molar-refractivity contribution in [1.29, 1.82) is 0 Å². The van der Waals surface area contributed by atoms with E-state index >= 15 is 0 Å². The van der Waals surface area contributed by atoms with Gasteiger partial charge >= 0.3 is 0 Å². The smallest absolute Gasteiger partial charge is 0.237 e. The Hall–Kier alpha value is -0.620. The van der Waals surface area contributed by atoms with Crippen LogP contribution in [0.25, 0.3) is 0 Å². The first-order chi connectivity index (χ1) is 6.43. The molecule has 2 N–H and O–H groups in total. The molecule has 1 heterocycles. The third-order valence-electron chi connectivity index (χ3n) is 2.19. The van der Waals surface area contributed by atoms with E-state index < -0.39 is 10.0 Å². The fourth-order valence-corrected chi connectivity index (χ4v) is 2.90. The van der Waals surface area contributed by atoms with Crippen molar-refractivity contribution in [1.82, 2.24) is 4.31 Å². The van der Waals surface area contributed by atoms with E-state index in [1.165, 1.54) is 0 Å². The van der Waals surface area contributed by atoms with E-state index in [1.807, 2.05) is 0 Å². The summed E-state index contributed by atoms with van der Waals surface area (Å²) in [5.41, 5.74) is 5.51. The summed E-state index contributed by atoms with van der Waals surface area (Å²) in [6.45, 7) is 2.01. The standard InChI is InChI=1S/C8H16N2O3S/c1-7(9)4-5-10-8(11)3-2-6-14(10,12)13/h7H,2-6,9H2,1H3. The summed E-state index contributed by atoms with van der Waals surface area (Å²) >= 11 is 0. The second kappa shape index (κ2) is 4.27. The van der Waals surface area contributed by atoms with Gasteiger partial charge in [0.25, 0.3) is 0 Å². The highest BCUT2D eigenvalue weighted by molar-refractivity contribution is 7.89. The fourth-order valence-electron chi connectivity index (χ4n) is 1.38. The van der Waals surface area contributed by atoms with Crippen molar-refractivity contribution < 1.29 is 13.2 Å². The van der Waals surface area contributed by atoms with Crippen LogP contribution in [0, 0.1) is 0 Å². The highest BCUT2D eigenvalue weighted by Crippen LogP contribution is 2.15. The van der Waals surface area contributed by atoms with Crippen molar-refractivity contribution in [2.24, 2.45) is 5.73 Å². The van der Waals surface area contributed by atoms with Gasteiger partial charge in [-0.05, 0) is 19.8 Å². The average Bonchev–Trinajstić information content (AvgIpc) is 2.01. The number of amides is 1. The lowest BCUT2D eigenvalue weighted by Gasteiger charge is -2.26. The van der Waals surface area contributed by atoms with Crippen LogP contribution >= 0.6 is 0 Å². The zero-order chi connectivity index (χ0) is 10.8. The molecule has 1 saturated heterocycles. The Bertz CT molecular complexity index is 311. The van der Waals surface area contributed by atoms with Crippen LogP contribution in [0.15, 0.2) is 0 Å². The molecule has 0 spiro atoms. The molecule has 0 bridgehead atoms. The molecule has 1 aliphatic heterocycles. The minimum Gasteiger partial charge on any atom is -0.328 e. The maximum atomic E-state index is 11.5. The van der Waals surface area contributed by atoms with E-state index in [0.717, 1.165) is 4.31 Å². The van der Waals surface area contributed by atoms with Crippen molar-refractivity contribution in [3.05, 3.63) is 0 Å². The van der Waals surface area contributed by atoms with Gasteiger partial charge in [-0.2, -0.15) is 0 Å². The molecule has 1 unspecified atom stereocenters. The van der Waals surface area contributed by atoms with Crippen LogP contribution in [0.4, 0.5) is 0 Å². The van der Waals surface area contributed by atoms with Crippen LogP contribution in [0.3, 0.4) is 0 Å². The number of sulfonamides is 1. The predicted molar refractivity (Wildman–Crippen MR) is 53.0 cm³/mol. The molecular formula is C8H16N2O3S. The van der Waals surface area contributed by atoms with Crippen LogP contribution in [-0.4, -0.2) is 37.0 Å². The predicted octanol–water partition coefficient (Wildman–Crippen LogP) is -0.324. The first kappa shape index (κ1) is 11.5. The summed E-state index contributed by atoms with van der Waals surface area (Å²) in [6, 6.07) is -0.0834. The van der Waals surface area contributed by atoms with E-state index in [-0.39, 0.29) is 24.2 Å². The molecule has 0 aromatic carbocycles. The third kappa shape index (κ3) is 2.68. The van der Waals surface area contributed by atoms with Gasteiger partial charge in [0.2, 0.25) is 15.9 Å². The maximum absolute atomic E-state index is 11.5. The second-order valence-electron chi connectivity index (χ2n) is 3.65. The molecule has 1 fully saturated rings. The summed E-state index contributed by atoms with van der Waals surface area (Å²) in [5.74, 6) is -0.213. The second-order valence-corrected chi connectivity index (χ2v) is 5.66. The Kier molecular flexibility index (Phi) is 3.49. The number of nitrogens with two attached hydrogens (primary N) is 1. The largest absolute Gasteiger partial charge is 0.328 e. The van der Waals surface area contributed by atoms with Crippen LogP contribution in [0.5, 0.6) is 0 Å². The van der Waals surface area contributed by atoms with Crippen LogP contribution in [0.1, 0.15) is 26.2 Å². The summed E-state index contributed by atoms with van der Waals surface area (Å²) in [6.07, 6.45) is 1.29. The fraction of sp³-hybridized carbons (Fsp3) is 0.875. The van der Waals surface area contributed by atoms with E-state index in [1.54, 1.807) is 6.92 Å². The Morgan fingerprint density at radius 3 is 2.71 bits per heavy atom. The van der Waals surface area contributed by atoms with E-state index in [4.69, 9.17) is 5.73 Å². The molecular weight excluding hydrogens is 204 g/mol. The van der Waals surface area contributed by atoms with Gasteiger partial charge < -0.3 is 5.73 Å². The molecule has 5 nitrogen and oxygen atoms in total. The first-order valence-electron chi connectivity index (χ1n) is 4.72. The lowest BCUT2D eigenvalue weighted by molar-refractivity contribution is -0.127. The zero-order valence-electron chi connectivity index (χ0n) is 8.27. The molecule has 1 aliphatic rings. The number of rotatable bonds is 3. The Labute approximate surface area is 84.3 Å². The summed E-state index contributed by atoms with van der Waals surface area (Å²) in [7, 11) is -3.34. The van der Waals surface area contributed by atoms with Crippen molar-refractivity contribution >= 4 is 15.9 Å². The summed E-state index contributed by atoms with van der Waals surface area (Å²) in [5, 5.41) is 0. The topological polar surface area (TPSA) is 80.5 Å². The minimum atomic E-state index is -3.34. The van der Waals surface area contributed by atoms with Crippen molar-refractivity contribution in [2.75, 3.05) is 12.3 Å². The Balaban J connectivity index is 2.67. The monoisotopic (exact) mass is 220 g/mol. The van der Waals surface area contributed by atoms with Crippen molar-refractivity contribution in [3.8, 4) is 0 Å². The van der Waals surface area contributed by atoms with Gasteiger partial charge in [-0.1, -0.05) is 0 Å². The molecule has 14 heavy (non-hydrogen) atoms. The van der Waals surface area contributed by atoms with Gasteiger partial charge in [-0.15, -0.1) is 0 Å². The summed E-state index contributed by atoms with van der Waals surface area (Å²) in [4.78, 5) is 11.3. The van der Waals surface area contributed by atoms with E-state index in [9.17, 15) is 13.2 Å². The van der Waals surface area contributed by atoms with Crippen LogP contribution in [-0.2, 0) is 14.8 Å². The molecule has 6 heteroatoms. The highest BCUT2D eigenvalue weighted by atomic mass is 32.2. The molecule has 0 aromatic heterocycles. The van der Waals surface area contributed by atoms with Gasteiger partial charge in [0.1, 0.15) is 0 Å². The molecule has 0 aromatic rings. The number of nitrogens with zero attached hydrogens (tertiary/aromatic N) is 1. The molecule has 0 aliphatic carbocycles. The molecule has 82 valence electrons. The highest BCUT2D eigenvalue weighted by Gasteiger charge is 2.30. The van der Waals surface area contributed by atoms with Gasteiger partial charge in [0, 0.05) is 19.0 Å². The van der Waals surface area contributed by atoms with Crippen LogP contribution < -0.4 is 5.73 Å². The lowest BCUT2D eigenvalue weighted by Crippen LogP contribution is -2.43. The molecule has 1 rings (SSSR count). The quantitative estimate of drug-likeness (QED) is 0.706. The van der Waals surface area contributed by atoms with Gasteiger partial charge in [-0.3, -0.25) is 4.79 Å². The van der Waals surface area contributed by atoms with E-state index in [2.05, 4.69) is 0 Å². The van der Waals surface area contributed by atoms with Crippen molar-refractivity contribution in [3.63, 3.8) is 0 Å². The number of carbonyl (C=O) groups excluding carboxylic acids is 1. The zero-order valence-corrected chi connectivity index (χ0v) is 9.09.